The molecule has 1 rings (SSSR count). The summed E-state index contributed by atoms with van der Waals surface area (Å²) >= 11 is 3.65. The average Bonchev–Trinajstić information content (AvgIpc) is 2.71. The number of hydrogen-bond acceptors (Lipinski definition) is 3. The van der Waals surface area contributed by atoms with Gasteiger partial charge in [-0.1, -0.05) is 13.8 Å². The average molecular weight is 332 g/mol. The number of aryl methyl sites for hydroxylation is 2. The number of rotatable bonds is 9. The molecule has 19 heavy (non-hydrogen) atoms. The molecular weight excluding hydrogens is 306 g/mol. The second-order valence-electron chi connectivity index (χ2n) is 4.74. The van der Waals surface area contributed by atoms with Gasteiger partial charge in [-0.25, -0.2) is 0 Å². The first kappa shape index (κ1) is 16.7. The molecule has 1 atom stereocenters. The largest absolute Gasteiger partial charge is 0.381 e. The van der Waals surface area contributed by atoms with Crippen molar-refractivity contribution in [3.63, 3.8) is 0 Å². The monoisotopic (exact) mass is 331 g/mol. The van der Waals surface area contributed by atoms with E-state index in [2.05, 4.69) is 46.5 Å². The Labute approximate surface area is 124 Å². The quantitative estimate of drug-likeness (QED) is 0.708. The third kappa shape index (κ3) is 4.89. The summed E-state index contributed by atoms with van der Waals surface area (Å²) in [6.45, 7) is 8.79. The smallest absolute Gasteiger partial charge is 0.0766 e. The van der Waals surface area contributed by atoms with Crippen molar-refractivity contribution in [3.05, 3.63) is 15.9 Å². The van der Waals surface area contributed by atoms with Crippen LogP contribution in [-0.4, -0.2) is 29.0 Å². The van der Waals surface area contributed by atoms with Crippen LogP contribution in [0.25, 0.3) is 0 Å². The number of nitrogens with two attached hydrogens (primary N) is 1. The molecule has 0 aliphatic carbocycles. The van der Waals surface area contributed by atoms with Crippen molar-refractivity contribution >= 4 is 15.9 Å². The molecule has 0 radical (unpaired) electrons. The van der Waals surface area contributed by atoms with Crippen molar-refractivity contribution in [2.75, 3.05) is 13.2 Å². The van der Waals surface area contributed by atoms with Gasteiger partial charge in [-0.2, -0.15) is 5.10 Å². The summed E-state index contributed by atoms with van der Waals surface area (Å²) in [6, 6.07) is 0.125. The molecule has 5 heteroatoms. The molecule has 1 unspecified atom stereocenters. The first-order valence-electron chi connectivity index (χ1n) is 7.21. The van der Waals surface area contributed by atoms with E-state index in [0.717, 1.165) is 55.6 Å². The lowest BCUT2D eigenvalue weighted by Crippen LogP contribution is -2.26. The van der Waals surface area contributed by atoms with Gasteiger partial charge in [0.05, 0.1) is 15.9 Å². The summed E-state index contributed by atoms with van der Waals surface area (Å²) in [6.07, 6.45) is 3.73. The van der Waals surface area contributed by atoms with E-state index in [1.54, 1.807) is 0 Å². The molecule has 0 amide bonds. The van der Waals surface area contributed by atoms with Crippen LogP contribution in [0.5, 0.6) is 0 Å². The molecule has 110 valence electrons. The van der Waals surface area contributed by atoms with Crippen molar-refractivity contribution < 1.29 is 4.74 Å². The molecule has 0 aliphatic rings. The fourth-order valence-electron chi connectivity index (χ4n) is 2.04. The van der Waals surface area contributed by atoms with Crippen molar-refractivity contribution in [1.29, 1.82) is 0 Å². The number of ether oxygens (including phenoxy) is 1. The van der Waals surface area contributed by atoms with E-state index >= 15 is 0 Å². The molecule has 0 aliphatic heterocycles. The Kier molecular flexibility index (Phi) is 7.64. The third-order valence-corrected chi connectivity index (χ3v) is 4.05. The molecule has 1 aromatic rings. The third-order valence-electron chi connectivity index (χ3n) is 3.13. The van der Waals surface area contributed by atoms with Gasteiger partial charge in [-0.15, -0.1) is 0 Å². The van der Waals surface area contributed by atoms with Gasteiger partial charge >= 0.3 is 0 Å². The fraction of sp³-hybridized carbons (Fsp3) is 0.786. The molecular formula is C14H26BrN3O. The van der Waals surface area contributed by atoms with Crippen LogP contribution in [0.1, 0.15) is 45.0 Å². The lowest BCUT2D eigenvalue weighted by Gasteiger charge is -2.13. The van der Waals surface area contributed by atoms with Gasteiger partial charge < -0.3 is 10.5 Å². The van der Waals surface area contributed by atoms with Crippen molar-refractivity contribution in [2.24, 2.45) is 5.73 Å². The van der Waals surface area contributed by atoms with Gasteiger partial charge in [0.2, 0.25) is 0 Å². The molecule has 0 fully saturated rings. The summed E-state index contributed by atoms with van der Waals surface area (Å²) < 4.78 is 8.67. The normalized spacial score (nSPS) is 12.9. The standard InChI is InChI=1S/C14H26BrN3O/c1-4-8-19-9-7-11(16)10-13-14(15)12(5-2)17-18(13)6-3/h11H,4-10,16H2,1-3H3. The van der Waals surface area contributed by atoms with Gasteiger partial charge in [0.1, 0.15) is 0 Å². The number of hydrogen-bond donors (Lipinski definition) is 1. The Bertz CT molecular complexity index is 379. The molecule has 0 aromatic carbocycles. The van der Waals surface area contributed by atoms with Crippen LogP contribution in [0.4, 0.5) is 0 Å². The van der Waals surface area contributed by atoms with Gasteiger partial charge in [-0.3, -0.25) is 4.68 Å². The molecule has 0 saturated heterocycles. The minimum absolute atomic E-state index is 0.125. The zero-order chi connectivity index (χ0) is 14.3. The summed E-state index contributed by atoms with van der Waals surface area (Å²) in [7, 11) is 0. The Morgan fingerprint density at radius 3 is 2.63 bits per heavy atom. The Hall–Kier alpha value is -0.390. The van der Waals surface area contributed by atoms with Crippen molar-refractivity contribution in [1.82, 2.24) is 9.78 Å². The SMILES string of the molecule is CCCOCCC(N)Cc1c(Br)c(CC)nn1CC. The van der Waals surface area contributed by atoms with E-state index in [4.69, 9.17) is 10.5 Å². The van der Waals surface area contributed by atoms with Crippen LogP contribution in [0, 0.1) is 0 Å². The van der Waals surface area contributed by atoms with Crippen LogP contribution >= 0.6 is 15.9 Å². The second-order valence-corrected chi connectivity index (χ2v) is 5.53. The number of aromatic nitrogens is 2. The molecule has 0 bridgehead atoms. The Morgan fingerprint density at radius 2 is 2.05 bits per heavy atom. The predicted molar refractivity (Wildman–Crippen MR) is 82.4 cm³/mol. The highest BCUT2D eigenvalue weighted by Crippen LogP contribution is 2.23. The van der Waals surface area contributed by atoms with Crippen LogP contribution in [0.2, 0.25) is 0 Å². The van der Waals surface area contributed by atoms with Gasteiger partial charge in [0.25, 0.3) is 0 Å². The molecule has 0 spiro atoms. The highest BCUT2D eigenvalue weighted by Gasteiger charge is 2.16. The Balaban J connectivity index is 2.57. The zero-order valence-corrected chi connectivity index (χ0v) is 13.9. The predicted octanol–water partition coefficient (Wildman–Crippen LogP) is 2.91. The number of nitrogens with zero attached hydrogens (tertiary/aromatic N) is 2. The van der Waals surface area contributed by atoms with E-state index in [1.165, 1.54) is 5.69 Å². The van der Waals surface area contributed by atoms with Gasteiger partial charge in [0.15, 0.2) is 0 Å². The van der Waals surface area contributed by atoms with Gasteiger partial charge in [-0.05, 0) is 42.1 Å². The molecule has 1 aromatic heterocycles. The Morgan fingerprint density at radius 1 is 1.32 bits per heavy atom. The lowest BCUT2D eigenvalue weighted by atomic mass is 10.1. The maximum Gasteiger partial charge on any atom is 0.0766 e. The summed E-state index contributed by atoms with van der Waals surface area (Å²) in [4.78, 5) is 0. The molecule has 2 N–H and O–H groups in total. The maximum absolute atomic E-state index is 6.19. The number of halogens is 1. The van der Waals surface area contributed by atoms with E-state index < -0.39 is 0 Å². The van der Waals surface area contributed by atoms with Crippen LogP contribution < -0.4 is 5.73 Å². The van der Waals surface area contributed by atoms with Crippen LogP contribution in [-0.2, 0) is 24.1 Å². The second kappa shape index (κ2) is 8.72. The molecule has 4 nitrogen and oxygen atoms in total. The molecule has 0 saturated carbocycles. The summed E-state index contributed by atoms with van der Waals surface area (Å²) in [5, 5.41) is 4.59. The highest BCUT2D eigenvalue weighted by atomic mass is 79.9. The zero-order valence-electron chi connectivity index (χ0n) is 12.3. The van der Waals surface area contributed by atoms with E-state index in [-0.39, 0.29) is 6.04 Å². The topological polar surface area (TPSA) is 53.1 Å². The lowest BCUT2D eigenvalue weighted by molar-refractivity contribution is 0.127. The van der Waals surface area contributed by atoms with Crippen molar-refractivity contribution in [2.45, 2.75) is 59.0 Å². The van der Waals surface area contributed by atoms with E-state index in [0.29, 0.717) is 0 Å². The van der Waals surface area contributed by atoms with E-state index in [9.17, 15) is 0 Å². The van der Waals surface area contributed by atoms with Crippen molar-refractivity contribution in [3.8, 4) is 0 Å². The first-order valence-corrected chi connectivity index (χ1v) is 8.00. The summed E-state index contributed by atoms with van der Waals surface area (Å²) in [5.74, 6) is 0. The minimum Gasteiger partial charge on any atom is -0.381 e. The first-order chi connectivity index (χ1) is 9.13. The molecule has 1 heterocycles. The van der Waals surface area contributed by atoms with Crippen LogP contribution in [0.15, 0.2) is 4.47 Å². The van der Waals surface area contributed by atoms with Gasteiger partial charge in [0, 0.05) is 32.2 Å². The highest BCUT2D eigenvalue weighted by molar-refractivity contribution is 9.10. The van der Waals surface area contributed by atoms with E-state index in [1.807, 2.05) is 0 Å². The minimum atomic E-state index is 0.125. The fourth-order valence-corrected chi connectivity index (χ4v) is 2.77. The van der Waals surface area contributed by atoms with Crippen LogP contribution in [0.3, 0.4) is 0 Å². The maximum atomic E-state index is 6.19. The summed E-state index contributed by atoms with van der Waals surface area (Å²) in [5.41, 5.74) is 8.52.